The van der Waals surface area contributed by atoms with Gasteiger partial charge in [0.1, 0.15) is 11.5 Å². The van der Waals surface area contributed by atoms with Crippen LogP contribution in [0.4, 0.5) is 5.13 Å². The van der Waals surface area contributed by atoms with Gasteiger partial charge < -0.3 is 14.4 Å². The van der Waals surface area contributed by atoms with Crippen molar-refractivity contribution in [2.24, 2.45) is 5.10 Å². The number of thiazole rings is 1. The van der Waals surface area contributed by atoms with Crippen LogP contribution in [0.3, 0.4) is 0 Å². The molecule has 1 N–H and O–H groups in total. The SMILES string of the molecule is CCN(CC)c1ncc(/C=N\NC(=O)c2cc(OC)cc(OC)c2)s1. The number of anilines is 1. The van der Waals surface area contributed by atoms with Gasteiger partial charge in [-0.2, -0.15) is 5.10 Å². The number of methoxy groups -OCH3 is 2. The van der Waals surface area contributed by atoms with Gasteiger partial charge in [0.05, 0.1) is 25.3 Å². The van der Waals surface area contributed by atoms with Crippen molar-refractivity contribution in [3.63, 3.8) is 0 Å². The predicted molar refractivity (Wildman–Crippen MR) is 100 cm³/mol. The Hall–Kier alpha value is -2.61. The molecule has 0 spiro atoms. The average Bonchev–Trinajstić information content (AvgIpc) is 3.10. The van der Waals surface area contributed by atoms with E-state index in [9.17, 15) is 4.79 Å². The zero-order valence-electron chi connectivity index (χ0n) is 14.8. The number of aromatic nitrogens is 1. The van der Waals surface area contributed by atoms with Crippen molar-refractivity contribution in [2.75, 3.05) is 32.2 Å². The molecule has 0 unspecified atom stereocenters. The van der Waals surface area contributed by atoms with Crippen molar-refractivity contribution in [3.05, 3.63) is 34.8 Å². The molecule has 1 aromatic heterocycles. The molecule has 0 fully saturated rings. The van der Waals surface area contributed by atoms with Crippen molar-refractivity contribution in [1.82, 2.24) is 10.4 Å². The smallest absolute Gasteiger partial charge is 0.271 e. The fourth-order valence-corrected chi connectivity index (χ4v) is 3.05. The van der Waals surface area contributed by atoms with E-state index in [4.69, 9.17) is 9.47 Å². The molecule has 0 aliphatic rings. The molecule has 134 valence electrons. The van der Waals surface area contributed by atoms with Crippen molar-refractivity contribution in [3.8, 4) is 11.5 Å². The summed E-state index contributed by atoms with van der Waals surface area (Å²) in [6.07, 6.45) is 3.32. The fourth-order valence-electron chi connectivity index (χ4n) is 2.13. The molecule has 0 aliphatic heterocycles. The first kappa shape index (κ1) is 18.7. The summed E-state index contributed by atoms with van der Waals surface area (Å²) in [5.41, 5.74) is 2.91. The van der Waals surface area contributed by atoms with Gasteiger partial charge in [0.15, 0.2) is 5.13 Å². The number of hydrazone groups is 1. The number of benzene rings is 1. The van der Waals surface area contributed by atoms with Crippen molar-refractivity contribution < 1.29 is 14.3 Å². The van der Waals surface area contributed by atoms with Gasteiger partial charge in [-0.05, 0) is 26.0 Å². The van der Waals surface area contributed by atoms with E-state index in [1.807, 2.05) is 0 Å². The Morgan fingerprint density at radius 2 is 1.88 bits per heavy atom. The van der Waals surface area contributed by atoms with E-state index < -0.39 is 0 Å². The summed E-state index contributed by atoms with van der Waals surface area (Å²) in [5, 5.41) is 4.94. The Kier molecular flexibility index (Phi) is 6.76. The Labute approximate surface area is 151 Å². The van der Waals surface area contributed by atoms with Crippen molar-refractivity contribution in [2.45, 2.75) is 13.8 Å². The molecule has 0 bridgehead atoms. The number of amides is 1. The molecule has 1 amide bonds. The topological polar surface area (TPSA) is 76.1 Å². The standard InChI is InChI=1S/C17H22N4O3S/c1-5-21(6-2)17-18-10-15(25-17)11-19-20-16(22)12-7-13(23-3)9-14(8-12)24-4/h7-11H,5-6H2,1-4H3,(H,20,22)/b19-11-. The van der Waals surface area contributed by atoms with Gasteiger partial charge in [-0.15, -0.1) is 0 Å². The Morgan fingerprint density at radius 1 is 1.24 bits per heavy atom. The molecule has 0 radical (unpaired) electrons. The van der Waals surface area contributed by atoms with E-state index in [0.717, 1.165) is 23.1 Å². The first-order valence-corrected chi connectivity index (χ1v) is 8.70. The third-order valence-electron chi connectivity index (χ3n) is 3.52. The van der Waals surface area contributed by atoms with E-state index in [0.29, 0.717) is 17.1 Å². The lowest BCUT2D eigenvalue weighted by Crippen LogP contribution is -2.21. The zero-order valence-corrected chi connectivity index (χ0v) is 15.6. The molecular formula is C17H22N4O3S. The highest BCUT2D eigenvalue weighted by Gasteiger charge is 2.10. The van der Waals surface area contributed by atoms with Crippen LogP contribution in [0.5, 0.6) is 11.5 Å². The van der Waals surface area contributed by atoms with Crippen LogP contribution in [0.1, 0.15) is 29.1 Å². The number of hydrogen-bond acceptors (Lipinski definition) is 7. The van der Waals surface area contributed by atoms with Crippen LogP contribution in [0, 0.1) is 0 Å². The molecule has 1 heterocycles. The van der Waals surface area contributed by atoms with E-state index >= 15 is 0 Å². The number of hydrogen-bond donors (Lipinski definition) is 1. The number of carbonyl (C=O) groups excluding carboxylic acids is 1. The first-order chi connectivity index (χ1) is 12.1. The van der Waals surface area contributed by atoms with E-state index in [1.165, 1.54) is 25.6 Å². The number of nitrogens with one attached hydrogen (secondary N) is 1. The summed E-state index contributed by atoms with van der Waals surface area (Å²) in [5.74, 6) is 0.738. The summed E-state index contributed by atoms with van der Waals surface area (Å²) in [7, 11) is 3.07. The van der Waals surface area contributed by atoms with Crippen LogP contribution in [-0.4, -0.2) is 44.4 Å². The maximum atomic E-state index is 12.2. The second kappa shape index (κ2) is 9.03. The molecule has 1 aromatic carbocycles. The van der Waals surface area contributed by atoms with Crippen LogP contribution >= 0.6 is 11.3 Å². The van der Waals surface area contributed by atoms with Gasteiger partial charge in [-0.3, -0.25) is 4.79 Å². The molecule has 0 saturated carbocycles. The number of carbonyl (C=O) groups is 1. The lowest BCUT2D eigenvalue weighted by Gasteiger charge is -2.16. The third-order valence-corrected chi connectivity index (χ3v) is 4.51. The average molecular weight is 362 g/mol. The first-order valence-electron chi connectivity index (χ1n) is 7.88. The van der Waals surface area contributed by atoms with Crippen LogP contribution in [0.25, 0.3) is 0 Å². The van der Waals surface area contributed by atoms with Gasteiger partial charge in [0.25, 0.3) is 5.91 Å². The predicted octanol–water partition coefficient (Wildman–Crippen LogP) is 2.77. The normalized spacial score (nSPS) is 10.7. The highest BCUT2D eigenvalue weighted by atomic mass is 32.1. The Morgan fingerprint density at radius 3 is 2.44 bits per heavy atom. The van der Waals surface area contributed by atoms with Crippen LogP contribution in [-0.2, 0) is 0 Å². The van der Waals surface area contributed by atoms with E-state index in [-0.39, 0.29) is 5.91 Å². The van der Waals surface area contributed by atoms with Gasteiger partial charge in [0.2, 0.25) is 0 Å². The molecule has 2 aromatic rings. The summed E-state index contributed by atoms with van der Waals surface area (Å²) in [6.45, 7) is 5.96. The lowest BCUT2D eigenvalue weighted by atomic mass is 10.2. The summed E-state index contributed by atoms with van der Waals surface area (Å²) in [4.78, 5) is 19.6. The summed E-state index contributed by atoms with van der Waals surface area (Å²) in [6, 6.07) is 4.95. The minimum absolute atomic E-state index is 0.345. The largest absolute Gasteiger partial charge is 0.497 e. The molecule has 25 heavy (non-hydrogen) atoms. The highest BCUT2D eigenvalue weighted by Crippen LogP contribution is 2.23. The molecule has 2 rings (SSSR count). The number of ether oxygens (including phenoxy) is 2. The van der Waals surface area contributed by atoms with Crippen LogP contribution in [0.15, 0.2) is 29.5 Å². The summed E-state index contributed by atoms with van der Waals surface area (Å²) < 4.78 is 10.3. The van der Waals surface area contributed by atoms with E-state index in [1.54, 1.807) is 30.6 Å². The minimum Gasteiger partial charge on any atom is -0.497 e. The summed E-state index contributed by atoms with van der Waals surface area (Å²) >= 11 is 1.52. The quantitative estimate of drug-likeness (QED) is 0.577. The third kappa shape index (κ3) is 4.93. The fraction of sp³-hybridized carbons (Fsp3) is 0.353. The number of nitrogens with zero attached hydrogens (tertiary/aromatic N) is 3. The van der Waals surface area contributed by atoms with E-state index in [2.05, 4.69) is 34.3 Å². The number of rotatable bonds is 8. The van der Waals surface area contributed by atoms with Crippen molar-refractivity contribution >= 4 is 28.6 Å². The molecule has 0 aliphatic carbocycles. The lowest BCUT2D eigenvalue weighted by molar-refractivity contribution is 0.0954. The maximum Gasteiger partial charge on any atom is 0.271 e. The van der Waals surface area contributed by atoms with Gasteiger partial charge in [-0.1, -0.05) is 11.3 Å². The Balaban J connectivity index is 2.03. The maximum absolute atomic E-state index is 12.2. The second-order valence-electron chi connectivity index (χ2n) is 5.02. The molecular weight excluding hydrogens is 340 g/mol. The molecule has 0 atom stereocenters. The second-order valence-corrected chi connectivity index (χ2v) is 6.06. The van der Waals surface area contributed by atoms with Gasteiger partial charge in [0, 0.05) is 30.9 Å². The molecule has 0 saturated heterocycles. The molecule has 8 heteroatoms. The zero-order chi connectivity index (χ0) is 18.2. The Bertz CT molecular complexity index is 719. The monoisotopic (exact) mass is 362 g/mol. The van der Waals surface area contributed by atoms with Crippen LogP contribution in [0.2, 0.25) is 0 Å². The van der Waals surface area contributed by atoms with Gasteiger partial charge in [-0.25, -0.2) is 10.4 Å². The van der Waals surface area contributed by atoms with Crippen molar-refractivity contribution in [1.29, 1.82) is 0 Å². The molecule has 7 nitrogen and oxygen atoms in total. The minimum atomic E-state index is -0.345. The van der Waals surface area contributed by atoms with Gasteiger partial charge >= 0.3 is 0 Å². The van der Waals surface area contributed by atoms with Crippen LogP contribution < -0.4 is 19.8 Å². The highest BCUT2D eigenvalue weighted by molar-refractivity contribution is 7.17.